The summed E-state index contributed by atoms with van der Waals surface area (Å²) in [6, 6.07) is 14.2. The molecule has 1 saturated heterocycles. The molecule has 0 aliphatic carbocycles. The van der Waals surface area contributed by atoms with Crippen LogP contribution in [0.15, 0.2) is 53.1 Å². The molecule has 1 aromatic heterocycles. The molecule has 1 atom stereocenters. The number of benzene rings is 1. The van der Waals surface area contributed by atoms with Gasteiger partial charge in [-0.1, -0.05) is 30.3 Å². The number of aryl methyl sites for hydroxylation is 1. The highest BCUT2D eigenvalue weighted by molar-refractivity contribution is 5.73. The summed E-state index contributed by atoms with van der Waals surface area (Å²) in [5.74, 6) is 0.922. The fraction of sp³-hybridized carbons (Fsp3) is 0.450. The quantitative estimate of drug-likeness (QED) is 0.724. The van der Waals surface area contributed by atoms with E-state index in [0.29, 0.717) is 13.1 Å². The average molecular weight is 341 g/mol. The predicted octanol–water partition coefficient (Wildman–Crippen LogP) is 3.35. The highest BCUT2D eigenvalue weighted by Crippen LogP contribution is 2.24. The molecule has 0 radical (unpaired) electrons. The highest BCUT2D eigenvalue weighted by Gasteiger charge is 2.25. The first-order valence-corrected chi connectivity index (χ1v) is 9.16. The number of urea groups is 1. The lowest BCUT2D eigenvalue weighted by molar-refractivity contribution is 0.203. The van der Waals surface area contributed by atoms with Crippen molar-refractivity contribution in [1.82, 2.24) is 15.5 Å². The van der Waals surface area contributed by atoms with Crippen molar-refractivity contribution in [2.45, 2.75) is 31.7 Å². The van der Waals surface area contributed by atoms with E-state index in [-0.39, 0.29) is 12.1 Å². The van der Waals surface area contributed by atoms with Crippen LogP contribution in [0.3, 0.4) is 0 Å². The van der Waals surface area contributed by atoms with E-state index in [0.717, 1.165) is 31.7 Å². The van der Waals surface area contributed by atoms with E-state index in [2.05, 4.69) is 27.7 Å². The van der Waals surface area contributed by atoms with Crippen molar-refractivity contribution in [1.29, 1.82) is 0 Å². The highest BCUT2D eigenvalue weighted by atomic mass is 16.3. The second kappa shape index (κ2) is 9.28. The number of furan rings is 1. The van der Waals surface area contributed by atoms with Crippen molar-refractivity contribution in [3.63, 3.8) is 0 Å². The Hall–Kier alpha value is -2.27. The zero-order valence-electron chi connectivity index (χ0n) is 14.6. The molecule has 0 saturated carbocycles. The fourth-order valence-corrected chi connectivity index (χ4v) is 3.33. The van der Waals surface area contributed by atoms with Gasteiger partial charge in [0.2, 0.25) is 0 Å². The smallest absolute Gasteiger partial charge is 0.314 e. The largest absolute Gasteiger partial charge is 0.468 e. The molecule has 2 aromatic rings. The van der Waals surface area contributed by atoms with Gasteiger partial charge in [0.15, 0.2) is 0 Å². The van der Waals surface area contributed by atoms with Crippen LogP contribution < -0.4 is 10.6 Å². The number of amides is 2. The summed E-state index contributed by atoms with van der Waals surface area (Å²) >= 11 is 0. The van der Waals surface area contributed by atoms with Gasteiger partial charge in [0.25, 0.3) is 0 Å². The fourth-order valence-electron chi connectivity index (χ4n) is 3.33. The van der Waals surface area contributed by atoms with Crippen LogP contribution in [0, 0.1) is 0 Å². The minimum Gasteiger partial charge on any atom is -0.468 e. The van der Waals surface area contributed by atoms with Gasteiger partial charge in [-0.25, -0.2) is 4.79 Å². The number of nitrogens with one attached hydrogen (secondary N) is 2. The Balaban J connectivity index is 1.39. The summed E-state index contributed by atoms with van der Waals surface area (Å²) in [6.07, 6.45) is 6.03. The normalized spacial score (nSPS) is 15.8. The maximum Gasteiger partial charge on any atom is 0.314 e. The van der Waals surface area contributed by atoms with Crippen LogP contribution in [0.2, 0.25) is 0 Å². The van der Waals surface area contributed by atoms with E-state index >= 15 is 0 Å². The van der Waals surface area contributed by atoms with Gasteiger partial charge in [-0.15, -0.1) is 0 Å². The van der Waals surface area contributed by atoms with E-state index < -0.39 is 0 Å². The molecule has 2 amide bonds. The second-order valence-electron chi connectivity index (χ2n) is 6.50. The molecule has 5 nitrogen and oxygen atoms in total. The zero-order valence-corrected chi connectivity index (χ0v) is 14.6. The van der Waals surface area contributed by atoms with Crippen LogP contribution in [0.5, 0.6) is 0 Å². The Bertz CT molecular complexity index is 622. The molecule has 1 aromatic carbocycles. The molecule has 0 spiro atoms. The first kappa shape index (κ1) is 17.5. The number of likely N-dealkylation sites (tertiary alicyclic amines) is 1. The van der Waals surface area contributed by atoms with Gasteiger partial charge in [0, 0.05) is 13.1 Å². The van der Waals surface area contributed by atoms with Crippen LogP contribution in [-0.2, 0) is 6.42 Å². The minimum absolute atomic E-state index is 0.108. The Morgan fingerprint density at radius 3 is 2.60 bits per heavy atom. The summed E-state index contributed by atoms with van der Waals surface area (Å²) < 4.78 is 5.57. The van der Waals surface area contributed by atoms with Crippen LogP contribution in [0.4, 0.5) is 4.79 Å². The lowest BCUT2D eigenvalue weighted by atomic mass is 10.1. The molecular formula is C20H27N3O2. The predicted molar refractivity (Wildman–Crippen MR) is 98.4 cm³/mol. The van der Waals surface area contributed by atoms with Gasteiger partial charge in [-0.05, 0) is 56.5 Å². The molecular weight excluding hydrogens is 314 g/mol. The molecule has 5 heteroatoms. The lowest BCUT2D eigenvalue weighted by Crippen LogP contribution is -2.41. The molecule has 1 fully saturated rings. The van der Waals surface area contributed by atoms with Gasteiger partial charge in [-0.3, -0.25) is 4.90 Å². The van der Waals surface area contributed by atoms with Gasteiger partial charge in [0.1, 0.15) is 5.76 Å². The SMILES string of the molecule is O=C(NCCCc1ccccc1)NCC(c1ccco1)N1CCCC1. The summed E-state index contributed by atoms with van der Waals surface area (Å²) in [6.45, 7) is 3.37. The van der Waals surface area contributed by atoms with Crippen molar-refractivity contribution in [2.75, 3.05) is 26.2 Å². The van der Waals surface area contributed by atoms with E-state index in [1.165, 1.54) is 18.4 Å². The first-order chi connectivity index (χ1) is 12.3. The summed E-state index contributed by atoms with van der Waals surface area (Å²) in [5.41, 5.74) is 1.30. The Morgan fingerprint density at radius 1 is 1.08 bits per heavy atom. The number of carbonyl (C=O) groups is 1. The van der Waals surface area contributed by atoms with E-state index in [9.17, 15) is 4.79 Å². The molecule has 3 rings (SSSR count). The van der Waals surface area contributed by atoms with Crippen LogP contribution >= 0.6 is 0 Å². The topological polar surface area (TPSA) is 57.5 Å². The van der Waals surface area contributed by atoms with Gasteiger partial charge >= 0.3 is 6.03 Å². The van der Waals surface area contributed by atoms with E-state index in [4.69, 9.17) is 4.42 Å². The van der Waals surface area contributed by atoms with Gasteiger partial charge < -0.3 is 15.1 Å². The Kier molecular flexibility index (Phi) is 6.51. The molecule has 134 valence electrons. The van der Waals surface area contributed by atoms with Crippen molar-refractivity contribution in [3.05, 3.63) is 60.1 Å². The third kappa shape index (κ3) is 5.36. The standard InChI is InChI=1S/C20H27N3O2/c24-20(21-12-6-10-17-8-2-1-3-9-17)22-16-18(19-11-7-15-25-19)23-13-4-5-14-23/h1-3,7-9,11,15,18H,4-6,10,12-14,16H2,(H2,21,22,24). The van der Waals surface area contributed by atoms with Crippen molar-refractivity contribution >= 4 is 6.03 Å². The molecule has 25 heavy (non-hydrogen) atoms. The van der Waals surface area contributed by atoms with Crippen LogP contribution in [0.1, 0.15) is 36.6 Å². The molecule has 1 aliphatic heterocycles. The van der Waals surface area contributed by atoms with Crippen molar-refractivity contribution < 1.29 is 9.21 Å². The maximum absolute atomic E-state index is 12.1. The Labute approximate surface area is 149 Å². The summed E-state index contributed by atoms with van der Waals surface area (Å²) in [4.78, 5) is 14.5. The molecule has 0 bridgehead atoms. The average Bonchev–Trinajstić information content (AvgIpc) is 3.34. The molecule has 1 unspecified atom stereocenters. The first-order valence-electron chi connectivity index (χ1n) is 9.16. The molecule has 2 N–H and O–H groups in total. The monoisotopic (exact) mass is 341 g/mol. The van der Waals surface area contributed by atoms with Crippen LogP contribution in [0.25, 0.3) is 0 Å². The van der Waals surface area contributed by atoms with Gasteiger partial charge in [0.05, 0.1) is 12.3 Å². The second-order valence-corrected chi connectivity index (χ2v) is 6.50. The summed E-state index contributed by atoms with van der Waals surface area (Å²) in [5, 5.41) is 5.94. The summed E-state index contributed by atoms with van der Waals surface area (Å²) in [7, 11) is 0. The Morgan fingerprint density at radius 2 is 1.88 bits per heavy atom. The third-order valence-corrected chi connectivity index (χ3v) is 4.68. The molecule has 2 heterocycles. The third-order valence-electron chi connectivity index (χ3n) is 4.68. The minimum atomic E-state index is -0.108. The van der Waals surface area contributed by atoms with Crippen molar-refractivity contribution in [3.8, 4) is 0 Å². The maximum atomic E-state index is 12.1. The van der Waals surface area contributed by atoms with E-state index in [1.807, 2.05) is 30.3 Å². The lowest BCUT2D eigenvalue weighted by Gasteiger charge is -2.26. The number of hydrogen-bond acceptors (Lipinski definition) is 3. The van der Waals surface area contributed by atoms with E-state index in [1.54, 1.807) is 6.26 Å². The number of carbonyl (C=O) groups excluding carboxylic acids is 1. The zero-order chi connectivity index (χ0) is 17.3. The molecule has 1 aliphatic rings. The number of rotatable bonds is 8. The van der Waals surface area contributed by atoms with Crippen LogP contribution in [-0.4, -0.2) is 37.1 Å². The van der Waals surface area contributed by atoms with Gasteiger partial charge in [-0.2, -0.15) is 0 Å². The number of hydrogen-bond donors (Lipinski definition) is 2. The van der Waals surface area contributed by atoms with Crippen molar-refractivity contribution in [2.24, 2.45) is 0 Å². The number of nitrogens with zero attached hydrogens (tertiary/aromatic N) is 1.